The number of hydrogen-bond donors (Lipinski definition) is 1. The van der Waals surface area contributed by atoms with E-state index in [-0.39, 0.29) is 25.4 Å². The lowest BCUT2D eigenvalue weighted by atomic mass is 10.4. The number of nitrogens with one attached hydrogen (secondary N) is 1. The highest BCUT2D eigenvalue weighted by molar-refractivity contribution is 7.53. The van der Waals surface area contributed by atoms with Gasteiger partial charge in [0.2, 0.25) is 0 Å². The van der Waals surface area contributed by atoms with E-state index in [1.165, 1.54) is 11.3 Å². The van der Waals surface area contributed by atoms with Crippen molar-refractivity contribution in [3.63, 3.8) is 0 Å². The van der Waals surface area contributed by atoms with Crippen molar-refractivity contribution < 1.29 is 18.4 Å². The molecule has 1 aromatic heterocycles. The molecular formula is C10H16NO4PS. The Labute approximate surface area is 105 Å². The van der Waals surface area contributed by atoms with Gasteiger partial charge in [0.1, 0.15) is 6.29 Å². The zero-order valence-corrected chi connectivity index (χ0v) is 11.6. The molecule has 17 heavy (non-hydrogen) atoms. The van der Waals surface area contributed by atoms with Gasteiger partial charge >= 0.3 is 7.60 Å². The Morgan fingerprint density at radius 3 is 2.53 bits per heavy atom. The molecule has 0 radical (unpaired) electrons. The topological polar surface area (TPSA) is 64.6 Å². The number of hydrogen-bond acceptors (Lipinski definition) is 5. The van der Waals surface area contributed by atoms with E-state index in [4.69, 9.17) is 9.05 Å². The van der Waals surface area contributed by atoms with E-state index in [1.807, 2.05) is 0 Å². The molecule has 0 aromatic carbocycles. The van der Waals surface area contributed by atoms with Crippen molar-refractivity contribution in [2.24, 2.45) is 0 Å². The standard InChI is InChI=1S/C10H16NO4PS/c1-3-14-16(13,15-4-2)8-11-10(12)9-6-5-7-17-9/h5-7H,3-4,8H2,1-2H3,(H,11,12). The lowest BCUT2D eigenvalue weighted by Crippen LogP contribution is -2.24. The highest BCUT2D eigenvalue weighted by atomic mass is 32.1. The zero-order chi connectivity index (χ0) is 12.7. The van der Waals surface area contributed by atoms with Crippen molar-refractivity contribution in [1.29, 1.82) is 0 Å². The van der Waals surface area contributed by atoms with Gasteiger partial charge in [-0.1, -0.05) is 6.07 Å². The van der Waals surface area contributed by atoms with E-state index < -0.39 is 7.60 Å². The Balaban J connectivity index is 2.52. The molecule has 5 nitrogen and oxygen atoms in total. The van der Waals surface area contributed by atoms with E-state index in [1.54, 1.807) is 31.4 Å². The molecule has 0 saturated carbocycles. The number of carbonyl (C=O) groups is 1. The van der Waals surface area contributed by atoms with E-state index in [0.717, 1.165) is 0 Å². The molecule has 0 fully saturated rings. The van der Waals surface area contributed by atoms with Crippen molar-refractivity contribution in [1.82, 2.24) is 5.32 Å². The first-order valence-corrected chi connectivity index (χ1v) is 7.92. The number of thiophene rings is 1. The molecule has 0 aliphatic carbocycles. The van der Waals surface area contributed by atoms with Gasteiger partial charge in [0.05, 0.1) is 18.1 Å². The summed E-state index contributed by atoms with van der Waals surface area (Å²) in [6.45, 7) is 4.03. The maximum Gasteiger partial charge on any atom is 0.349 e. The van der Waals surface area contributed by atoms with Gasteiger partial charge in [-0.15, -0.1) is 11.3 Å². The van der Waals surface area contributed by atoms with Crippen LogP contribution in [0.15, 0.2) is 17.5 Å². The van der Waals surface area contributed by atoms with Gasteiger partial charge in [0.25, 0.3) is 5.91 Å². The molecule has 7 heteroatoms. The summed E-state index contributed by atoms with van der Waals surface area (Å²) in [6.07, 6.45) is -0.106. The summed E-state index contributed by atoms with van der Waals surface area (Å²) in [5.41, 5.74) is 0. The monoisotopic (exact) mass is 277 g/mol. The number of amides is 1. The Hall–Kier alpha value is -0.680. The molecule has 0 bridgehead atoms. The van der Waals surface area contributed by atoms with Crippen molar-refractivity contribution in [3.05, 3.63) is 22.4 Å². The molecular weight excluding hydrogens is 261 g/mol. The van der Waals surface area contributed by atoms with Crippen LogP contribution >= 0.6 is 18.9 Å². The van der Waals surface area contributed by atoms with Gasteiger partial charge in [0.15, 0.2) is 0 Å². The van der Waals surface area contributed by atoms with Crippen LogP contribution in [0, 0.1) is 0 Å². The lowest BCUT2D eigenvalue weighted by molar-refractivity contribution is 0.0958. The van der Waals surface area contributed by atoms with Gasteiger partial charge in [0, 0.05) is 0 Å². The summed E-state index contributed by atoms with van der Waals surface area (Å²) in [5.74, 6) is -0.264. The molecule has 1 rings (SSSR count). The van der Waals surface area contributed by atoms with Crippen LogP contribution in [0.5, 0.6) is 0 Å². The van der Waals surface area contributed by atoms with Crippen LogP contribution in [0.3, 0.4) is 0 Å². The van der Waals surface area contributed by atoms with Gasteiger partial charge in [-0.3, -0.25) is 9.36 Å². The van der Waals surface area contributed by atoms with Gasteiger partial charge in [-0.05, 0) is 25.3 Å². The van der Waals surface area contributed by atoms with Crippen molar-refractivity contribution >= 4 is 24.8 Å². The van der Waals surface area contributed by atoms with Gasteiger partial charge in [-0.25, -0.2) is 0 Å². The second-order valence-electron chi connectivity index (χ2n) is 3.09. The number of carbonyl (C=O) groups excluding carboxylic acids is 1. The minimum Gasteiger partial charge on any atom is -0.340 e. The van der Waals surface area contributed by atoms with Crippen LogP contribution in [0.4, 0.5) is 0 Å². The highest BCUT2D eigenvalue weighted by Crippen LogP contribution is 2.46. The molecule has 0 aliphatic rings. The minimum atomic E-state index is -3.20. The molecule has 0 spiro atoms. The van der Waals surface area contributed by atoms with Crippen molar-refractivity contribution in [2.75, 3.05) is 19.5 Å². The van der Waals surface area contributed by atoms with E-state index in [2.05, 4.69) is 5.32 Å². The Kier molecular flexibility index (Phi) is 5.85. The quantitative estimate of drug-likeness (QED) is 0.778. The molecule has 0 atom stereocenters. The highest BCUT2D eigenvalue weighted by Gasteiger charge is 2.24. The first kappa shape index (κ1) is 14.4. The molecule has 0 aliphatic heterocycles. The smallest absolute Gasteiger partial charge is 0.340 e. The molecule has 1 heterocycles. The number of rotatable bonds is 7. The van der Waals surface area contributed by atoms with Crippen LogP contribution in [0.1, 0.15) is 23.5 Å². The lowest BCUT2D eigenvalue weighted by Gasteiger charge is -2.17. The second-order valence-corrected chi connectivity index (χ2v) is 6.09. The van der Waals surface area contributed by atoms with Crippen LogP contribution in [0.2, 0.25) is 0 Å². The Bertz CT molecular complexity index is 383. The minimum absolute atomic E-state index is 0.106. The van der Waals surface area contributed by atoms with E-state index in [9.17, 15) is 9.36 Å². The van der Waals surface area contributed by atoms with Crippen LogP contribution in [-0.2, 0) is 13.6 Å². The molecule has 1 N–H and O–H groups in total. The molecule has 0 saturated heterocycles. The maximum atomic E-state index is 12.0. The normalized spacial score (nSPS) is 11.4. The first-order chi connectivity index (χ1) is 8.11. The fourth-order valence-corrected chi connectivity index (χ4v) is 3.21. The van der Waals surface area contributed by atoms with Crippen molar-refractivity contribution in [3.8, 4) is 0 Å². The summed E-state index contributed by atoms with van der Waals surface area (Å²) in [6, 6.07) is 3.48. The predicted molar refractivity (Wildman–Crippen MR) is 67.5 cm³/mol. The summed E-state index contributed by atoms with van der Waals surface area (Å²) in [4.78, 5) is 12.2. The van der Waals surface area contributed by atoms with E-state index in [0.29, 0.717) is 4.88 Å². The van der Waals surface area contributed by atoms with Gasteiger partial charge in [-0.2, -0.15) is 0 Å². The Morgan fingerprint density at radius 2 is 2.06 bits per heavy atom. The summed E-state index contributed by atoms with van der Waals surface area (Å²) in [5, 5.41) is 4.36. The van der Waals surface area contributed by atoms with Gasteiger partial charge < -0.3 is 14.4 Å². The summed E-state index contributed by atoms with van der Waals surface area (Å²) < 4.78 is 22.2. The maximum absolute atomic E-state index is 12.0. The third-order valence-corrected chi connectivity index (χ3v) is 4.55. The molecule has 1 aromatic rings. The zero-order valence-electron chi connectivity index (χ0n) is 9.84. The third-order valence-electron chi connectivity index (χ3n) is 1.83. The predicted octanol–water partition coefficient (Wildman–Crippen LogP) is 2.70. The largest absolute Gasteiger partial charge is 0.349 e. The SMILES string of the molecule is CCOP(=O)(CNC(=O)c1cccs1)OCC. The third kappa shape index (κ3) is 4.60. The van der Waals surface area contributed by atoms with Crippen LogP contribution in [0.25, 0.3) is 0 Å². The molecule has 0 unspecified atom stereocenters. The average Bonchev–Trinajstić information content (AvgIpc) is 2.80. The van der Waals surface area contributed by atoms with Crippen LogP contribution in [-0.4, -0.2) is 25.4 Å². The fraction of sp³-hybridized carbons (Fsp3) is 0.500. The first-order valence-electron chi connectivity index (χ1n) is 5.31. The second kappa shape index (κ2) is 6.91. The Morgan fingerprint density at radius 1 is 1.41 bits per heavy atom. The van der Waals surface area contributed by atoms with Crippen molar-refractivity contribution in [2.45, 2.75) is 13.8 Å². The molecule has 96 valence electrons. The van der Waals surface area contributed by atoms with Crippen LogP contribution < -0.4 is 5.32 Å². The average molecular weight is 277 g/mol. The summed E-state index contributed by atoms with van der Waals surface area (Å²) >= 11 is 1.32. The van der Waals surface area contributed by atoms with E-state index >= 15 is 0 Å². The molecule has 1 amide bonds. The fourth-order valence-electron chi connectivity index (χ4n) is 1.19. The summed E-state index contributed by atoms with van der Waals surface area (Å²) in [7, 11) is -3.20.